The smallest absolute Gasteiger partial charge is 0.265 e. The molecular formula is C24H24N2O3S. The summed E-state index contributed by atoms with van der Waals surface area (Å²) in [5.74, 6) is 0.211. The lowest BCUT2D eigenvalue weighted by Gasteiger charge is -2.27. The highest BCUT2D eigenvalue weighted by molar-refractivity contribution is 7.80. The molecule has 0 atom stereocenters. The highest BCUT2D eigenvalue weighted by Gasteiger charge is 2.32. The first-order valence-electron chi connectivity index (χ1n) is 9.58. The Morgan fingerprint density at radius 1 is 1.10 bits per heavy atom. The summed E-state index contributed by atoms with van der Waals surface area (Å²) in [6.07, 6.45) is 3.08. The van der Waals surface area contributed by atoms with E-state index >= 15 is 0 Å². The molecule has 2 aromatic rings. The second-order valence-electron chi connectivity index (χ2n) is 7.94. The van der Waals surface area contributed by atoms with Crippen molar-refractivity contribution in [1.29, 1.82) is 0 Å². The Hall–Kier alpha value is -3.25. The van der Waals surface area contributed by atoms with Crippen LogP contribution in [0.1, 0.15) is 31.9 Å². The van der Waals surface area contributed by atoms with Gasteiger partial charge in [0.1, 0.15) is 17.1 Å². The van der Waals surface area contributed by atoms with Gasteiger partial charge in [-0.05, 0) is 47.5 Å². The molecule has 3 rings (SSSR count). The van der Waals surface area contributed by atoms with E-state index in [1.54, 1.807) is 18.2 Å². The summed E-state index contributed by atoms with van der Waals surface area (Å²) < 4.78 is 6.04. The number of hydrogen-bond acceptors (Lipinski definition) is 4. The van der Waals surface area contributed by atoms with Crippen molar-refractivity contribution in [1.82, 2.24) is 10.2 Å². The predicted octanol–water partition coefficient (Wildman–Crippen LogP) is 4.59. The molecule has 2 amide bonds. The maximum Gasteiger partial charge on any atom is 0.265 e. The number of carbonyl (C=O) groups excluding carboxylic acids is 2. The molecule has 0 saturated carbocycles. The largest absolute Gasteiger partial charge is 0.457 e. The summed E-state index contributed by atoms with van der Waals surface area (Å²) in [5.41, 5.74) is 1.85. The third kappa shape index (κ3) is 4.66. The van der Waals surface area contributed by atoms with Gasteiger partial charge in [0.05, 0.1) is 0 Å². The monoisotopic (exact) mass is 420 g/mol. The number of carbonyl (C=O) groups is 2. The molecule has 0 bridgehead atoms. The lowest BCUT2D eigenvalue weighted by Crippen LogP contribution is -2.53. The Morgan fingerprint density at radius 3 is 2.40 bits per heavy atom. The number of nitrogens with zero attached hydrogens (tertiary/aromatic N) is 1. The lowest BCUT2D eigenvalue weighted by molar-refractivity contribution is -0.128. The summed E-state index contributed by atoms with van der Waals surface area (Å²) in [4.78, 5) is 26.4. The number of thiocarbonyl (C=S) groups is 1. The van der Waals surface area contributed by atoms with E-state index in [0.29, 0.717) is 17.1 Å². The van der Waals surface area contributed by atoms with Crippen LogP contribution in [0, 0.1) is 0 Å². The van der Waals surface area contributed by atoms with Crippen molar-refractivity contribution in [3.8, 4) is 11.5 Å². The zero-order valence-corrected chi connectivity index (χ0v) is 18.1. The Labute approximate surface area is 182 Å². The van der Waals surface area contributed by atoms with Crippen molar-refractivity contribution in [3.63, 3.8) is 0 Å². The van der Waals surface area contributed by atoms with Crippen LogP contribution in [0.3, 0.4) is 0 Å². The van der Waals surface area contributed by atoms with Crippen LogP contribution in [0.25, 0.3) is 6.08 Å². The van der Waals surface area contributed by atoms with Gasteiger partial charge in [0.15, 0.2) is 5.11 Å². The van der Waals surface area contributed by atoms with Gasteiger partial charge < -0.3 is 4.74 Å². The maximum absolute atomic E-state index is 12.8. The topological polar surface area (TPSA) is 58.6 Å². The van der Waals surface area contributed by atoms with Crippen LogP contribution in [0.4, 0.5) is 0 Å². The highest BCUT2D eigenvalue weighted by atomic mass is 32.1. The number of amides is 2. The first-order chi connectivity index (χ1) is 14.2. The molecule has 0 radical (unpaired) electrons. The molecule has 1 aliphatic heterocycles. The van der Waals surface area contributed by atoms with Gasteiger partial charge >= 0.3 is 0 Å². The Balaban J connectivity index is 1.91. The zero-order valence-electron chi connectivity index (χ0n) is 17.3. The third-order valence-corrected chi connectivity index (χ3v) is 4.99. The van der Waals surface area contributed by atoms with E-state index in [2.05, 4.69) is 32.7 Å². The van der Waals surface area contributed by atoms with E-state index in [1.165, 1.54) is 16.5 Å². The summed E-state index contributed by atoms with van der Waals surface area (Å²) in [6, 6.07) is 15.1. The number of hydrogen-bond donors (Lipinski definition) is 1. The van der Waals surface area contributed by atoms with Gasteiger partial charge in [0.25, 0.3) is 11.8 Å². The molecule has 154 valence electrons. The molecule has 0 aliphatic carbocycles. The van der Waals surface area contributed by atoms with E-state index in [9.17, 15) is 9.59 Å². The van der Waals surface area contributed by atoms with Gasteiger partial charge in [-0.1, -0.05) is 57.2 Å². The normalized spacial score (nSPS) is 15.9. The Kier molecular flexibility index (Phi) is 6.17. The molecular weight excluding hydrogens is 396 g/mol. The first kappa shape index (κ1) is 21.5. The number of ether oxygens (including phenoxy) is 1. The molecule has 30 heavy (non-hydrogen) atoms. The van der Waals surface area contributed by atoms with E-state index in [-0.39, 0.29) is 22.6 Å². The van der Waals surface area contributed by atoms with Crippen LogP contribution < -0.4 is 10.1 Å². The fraction of sp³-hybridized carbons (Fsp3) is 0.208. The number of para-hydroxylation sites is 1. The average Bonchev–Trinajstić information content (AvgIpc) is 2.69. The second-order valence-corrected chi connectivity index (χ2v) is 8.32. The molecule has 1 aliphatic rings. The molecule has 1 fully saturated rings. The van der Waals surface area contributed by atoms with Gasteiger partial charge in [-0.25, -0.2) is 0 Å². The highest BCUT2D eigenvalue weighted by Crippen LogP contribution is 2.30. The molecule has 5 nitrogen and oxygen atoms in total. The minimum absolute atomic E-state index is 0.00965. The number of nitrogens with one attached hydrogen (secondary N) is 1. The van der Waals surface area contributed by atoms with E-state index in [4.69, 9.17) is 17.0 Å². The SMILES string of the molecule is C=CCN1C(=O)C(=Cc2ccccc2Oc2ccc(C(C)(C)C)cc2)C(=O)NC1=S. The fourth-order valence-electron chi connectivity index (χ4n) is 2.99. The van der Waals surface area contributed by atoms with Crippen LogP contribution in [-0.4, -0.2) is 28.4 Å². The minimum atomic E-state index is -0.533. The summed E-state index contributed by atoms with van der Waals surface area (Å²) in [5, 5.41) is 2.62. The van der Waals surface area contributed by atoms with E-state index in [0.717, 1.165) is 0 Å². The van der Waals surface area contributed by atoms with Gasteiger partial charge in [0.2, 0.25) is 0 Å². The summed E-state index contributed by atoms with van der Waals surface area (Å²) in [6.45, 7) is 10.3. The quantitative estimate of drug-likeness (QED) is 0.333. The summed E-state index contributed by atoms with van der Waals surface area (Å²) >= 11 is 5.09. The van der Waals surface area contributed by atoms with Crippen molar-refractivity contribution in [2.75, 3.05) is 6.54 Å². The van der Waals surface area contributed by atoms with E-state index < -0.39 is 11.8 Å². The molecule has 1 N–H and O–H groups in total. The van der Waals surface area contributed by atoms with Crippen LogP contribution in [0.5, 0.6) is 11.5 Å². The third-order valence-electron chi connectivity index (χ3n) is 4.66. The molecule has 2 aromatic carbocycles. The second kappa shape index (κ2) is 8.63. The van der Waals surface area contributed by atoms with Gasteiger partial charge in [-0.2, -0.15) is 0 Å². The number of rotatable bonds is 5. The van der Waals surface area contributed by atoms with Crippen molar-refractivity contribution in [2.45, 2.75) is 26.2 Å². The first-order valence-corrected chi connectivity index (χ1v) is 9.98. The van der Waals surface area contributed by atoms with Crippen LogP contribution >= 0.6 is 12.2 Å². The number of benzene rings is 2. The molecule has 0 spiro atoms. The van der Waals surface area contributed by atoms with Crippen molar-refractivity contribution in [2.24, 2.45) is 0 Å². The molecule has 1 saturated heterocycles. The predicted molar refractivity (Wildman–Crippen MR) is 122 cm³/mol. The Morgan fingerprint density at radius 2 is 1.77 bits per heavy atom. The van der Waals surface area contributed by atoms with Crippen LogP contribution in [0.15, 0.2) is 66.8 Å². The molecule has 0 unspecified atom stereocenters. The standard InChI is InChI=1S/C24H24N2O3S/c1-5-14-26-22(28)19(21(27)25-23(26)30)15-16-8-6-7-9-20(16)29-18-12-10-17(11-13-18)24(2,3)4/h5-13,15H,1,14H2,2-4H3,(H,25,27,30). The molecule has 6 heteroatoms. The van der Waals surface area contributed by atoms with E-state index in [1.807, 2.05) is 36.4 Å². The van der Waals surface area contributed by atoms with Crippen molar-refractivity contribution in [3.05, 3.63) is 77.9 Å². The fourth-order valence-corrected chi connectivity index (χ4v) is 3.24. The average molecular weight is 421 g/mol. The molecule has 0 aromatic heterocycles. The minimum Gasteiger partial charge on any atom is -0.457 e. The summed E-state index contributed by atoms with van der Waals surface area (Å²) in [7, 11) is 0. The van der Waals surface area contributed by atoms with Gasteiger partial charge in [-0.3, -0.25) is 19.8 Å². The lowest BCUT2D eigenvalue weighted by atomic mass is 9.87. The van der Waals surface area contributed by atoms with Crippen molar-refractivity contribution < 1.29 is 14.3 Å². The van der Waals surface area contributed by atoms with Crippen LogP contribution in [0.2, 0.25) is 0 Å². The van der Waals surface area contributed by atoms with Crippen LogP contribution in [-0.2, 0) is 15.0 Å². The van der Waals surface area contributed by atoms with Gasteiger partial charge in [0, 0.05) is 12.1 Å². The van der Waals surface area contributed by atoms with Gasteiger partial charge in [-0.15, -0.1) is 6.58 Å². The zero-order chi connectivity index (χ0) is 21.9. The molecule has 1 heterocycles. The maximum atomic E-state index is 12.8. The van der Waals surface area contributed by atoms with Crippen molar-refractivity contribution >= 4 is 35.2 Å². The Bertz CT molecular complexity index is 1030.